The second kappa shape index (κ2) is 4.67. The summed E-state index contributed by atoms with van der Waals surface area (Å²) in [6, 6.07) is 5.28. The zero-order chi connectivity index (χ0) is 12.4. The minimum atomic E-state index is -0.225. The Bertz CT molecular complexity index is 610. The lowest BCUT2D eigenvalue weighted by Gasteiger charge is -2.04. The highest BCUT2D eigenvalue weighted by Gasteiger charge is 2.08. The second-order valence-corrected chi connectivity index (χ2v) is 4.17. The fourth-order valence-corrected chi connectivity index (χ4v) is 1.54. The third kappa shape index (κ3) is 2.36. The Morgan fingerprint density at radius 3 is 2.76 bits per heavy atom. The van der Waals surface area contributed by atoms with E-state index in [1.54, 1.807) is 25.1 Å². The van der Waals surface area contributed by atoms with Crippen molar-refractivity contribution in [1.29, 1.82) is 0 Å². The predicted molar refractivity (Wildman–Crippen MR) is 67.1 cm³/mol. The molecule has 2 heterocycles. The van der Waals surface area contributed by atoms with E-state index in [1.165, 1.54) is 7.11 Å². The molecule has 0 saturated heterocycles. The van der Waals surface area contributed by atoms with E-state index in [4.69, 9.17) is 4.74 Å². The highest BCUT2D eigenvalue weighted by Crippen LogP contribution is 2.16. The first-order valence-electron chi connectivity index (χ1n) is 4.89. The molecule has 0 bridgehead atoms. The van der Waals surface area contributed by atoms with Crippen molar-refractivity contribution < 1.29 is 4.74 Å². The van der Waals surface area contributed by atoms with Gasteiger partial charge in [-0.25, -0.2) is 9.97 Å². The molecule has 6 heteroatoms. The molecule has 0 saturated carbocycles. The Labute approximate surface area is 106 Å². The van der Waals surface area contributed by atoms with Crippen molar-refractivity contribution in [2.45, 2.75) is 6.92 Å². The van der Waals surface area contributed by atoms with Crippen LogP contribution in [0.3, 0.4) is 0 Å². The van der Waals surface area contributed by atoms with Crippen LogP contribution in [0.2, 0.25) is 0 Å². The Morgan fingerprint density at radius 1 is 1.35 bits per heavy atom. The van der Waals surface area contributed by atoms with Crippen molar-refractivity contribution in [3.8, 4) is 17.4 Å². The van der Waals surface area contributed by atoms with Crippen LogP contribution < -0.4 is 10.3 Å². The minimum absolute atomic E-state index is 0.225. The molecule has 2 rings (SSSR count). The number of aromatic amines is 1. The van der Waals surface area contributed by atoms with E-state index < -0.39 is 0 Å². The molecule has 0 spiro atoms. The molecule has 5 nitrogen and oxygen atoms in total. The number of nitrogens with zero attached hydrogens (tertiary/aromatic N) is 2. The van der Waals surface area contributed by atoms with Crippen molar-refractivity contribution in [3.05, 3.63) is 38.7 Å². The highest BCUT2D eigenvalue weighted by atomic mass is 79.9. The highest BCUT2D eigenvalue weighted by molar-refractivity contribution is 9.10. The van der Waals surface area contributed by atoms with E-state index in [9.17, 15) is 4.79 Å². The van der Waals surface area contributed by atoms with Gasteiger partial charge in [-0.15, -0.1) is 0 Å². The number of rotatable bonds is 2. The molecule has 0 aliphatic rings. The van der Waals surface area contributed by atoms with Gasteiger partial charge < -0.3 is 9.72 Å². The van der Waals surface area contributed by atoms with Gasteiger partial charge in [-0.05, 0) is 28.9 Å². The molecule has 17 heavy (non-hydrogen) atoms. The molecule has 2 aromatic rings. The van der Waals surface area contributed by atoms with Crippen molar-refractivity contribution in [2.24, 2.45) is 0 Å². The van der Waals surface area contributed by atoms with Crippen molar-refractivity contribution in [1.82, 2.24) is 15.0 Å². The summed E-state index contributed by atoms with van der Waals surface area (Å²) in [4.78, 5) is 22.7. The first-order chi connectivity index (χ1) is 8.11. The van der Waals surface area contributed by atoms with Crippen LogP contribution >= 0.6 is 15.9 Å². The van der Waals surface area contributed by atoms with E-state index >= 15 is 0 Å². The molecular weight excluding hydrogens is 286 g/mol. The van der Waals surface area contributed by atoms with E-state index in [1.807, 2.05) is 0 Å². The molecule has 0 unspecified atom stereocenters. The SMILES string of the molecule is COc1cccc(-c2nc(C)c(Br)c(=O)[nH]2)n1. The molecule has 0 aliphatic carbocycles. The summed E-state index contributed by atoms with van der Waals surface area (Å²) in [5.41, 5.74) is 0.961. The number of hydrogen-bond donors (Lipinski definition) is 1. The average Bonchev–Trinajstić information content (AvgIpc) is 2.35. The van der Waals surface area contributed by atoms with Gasteiger partial charge >= 0.3 is 0 Å². The lowest BCUT2D eigenvalue weighted by atomic mass is 10.3. The molecule has 1 N–H and O–H groups in total. The standard InChI is InChI=1S/C11H10BrN3O2/c1-6-9(12)11(16)15-10(13-6)7-4-3-5-8(14-7)17-2/h3-5H,1-2H3,(H,13,15,16). The van der Waals surface area contributed by atoms with Crippen LogP contribution in [0.4, 0.5) is 0 Å². The molecular formula is C11H10BrN3O2. The predicted octanol–water partition coefficient (Wildman–Crippen LogP) is 1.91. The first-order valence-corrected chi connectivity index (χ1v) is 5.69. The summed E-state index contributed by atoms with van der Waals surface area (Å²) < 4.78 is 5.45. The van der Waals surface area contributed by atoms with Crippen LogP contribution in [-0.2, 0) is 0 Å². The van der Waals surface area contributed by atoms with Crippen molar-refractivity contribution in [2.75, 3.05) is 7.11 Å². The Balaban J connectivity index is 2.56. The maximum absolute atomic E-state index is 11.6. The number of pyridine rings is 1. The summed E-state index contributed by atoms with van der Waals surface area (Å²) in [6.45, 7) is 1.75. The Kier molecular flexibility index (Phi) is 3.23. The molecule has 88 valence electrons. The molecule has 0 aliphatic heterocycles. The van der Waals surface area contributed by atoms with E-state index in [-0.39, 0.29) is 5.56 Å². The van der Waals surface area contributed by atoms with Crippen molar-refractivity contribution >= 4 is 15.9 Å². The maximum Gasteiger partial charge on any atom is 0.265 e. The number of ether oxygens (including phenoxy) is 1. The smallest absolute Gasteiger partial charge is 0.265 e. The zero-order valence-electron chi connectivity index (χ0n) is 9.32. The second-order valence-electron chi connectivity index (χ2n) is 3.38. The van der Waals surface area contributed by atoms with Gasteiger partial charge in [0.15, 0.2) is 5.82 Å². The summed E-state index contributed by atoms with van der Waals surface area (Å²) in [7, 11) is 1.54. The Morgan fingerprint density at radius 2 is 2.12 bits per heavy atom. The molecule has 0 aromatic carbocycles. The van der Waals surface area contributed by atoms with Crippen LogP contribution in [0.15, 0.2) is 27.5 Å². The molecule has 0 fully saturated rings. The average molecular weight is 296 g/mol. The maximum atomic E-state index is 11.6. The van der Waals surface area contributed by atoms with E-state index in [0.29, 0.717) is 27.6 Å². The van der Waals surface area contributed by atoms with Crippen LogP contribution in [0.25, 0.3) is 11.5 Å². The minimum Gasteiger partial charge on any atom is -0.481 e. The molecule has 0 radical (unpaired) electrons. The summed E-state index contributed by atoms with van der Waals surface area (Å²) in [6.07, 6.45) is 0. The fourth-order valence-electron chi connectivity index (χ4n) is 1.35. The first kappa shape index (κ1) is 11.8. The summed E-state index contributed by atoms with van der Waals surface area (Å²) in [5, 5.41) is 0. The fraction of sp³-hybridized carbons (Fsp3) is 0.182. The summed E-state index contributed by atoms with van der Waals surface area (Å²) >= 11 is 3.16. The van der Waals surface area contributed by atoms with E-state index in [0.717, 1.165) is 0 Å². The molecule has 2 aromatic heterocycles. The van der Waals surface area contributed by atoms with Crippen LogP contribution in [0.1, 0.15) is 5.69 Å². The zero-order valence-corrected chi connectivity index (χ0v) is 10.9. The number of nitrogens with one attached hydrogen (secondary N) is 1. The van der Waals surface area contributed by atoms with Crippen molar-refractivity contribution in [3.63, 3.8) is 0 Å². The third-order valence-electron chi connectivity index (χ3n) is 2.20. The monoisotopic (exact) mass is 295 g/mol. The normalized spacial score (nSPS) is 10.3. The van der Waals surface area contributed by atoms with E-state index in [2.05, 4.69) is 30.9 Å². The number of halogens is 1. The van der Waals surface area contributed by atoms with Gasteiger partial charge in [-0.2, -0.15) is 0 Å². The molecule has 0 amide bonds. The van der Waals surface area contributed by atoms with Gasteiger partial charge in [-0.3, -0.25) is 4.79 Å². The van der Waals surface area contributed by atoms with Gasteiger partial charge in [0.2, 0.25) is 5.88 Å². The number of methoxy groups -OCH3 is 1. The van der Waals surface area contributed by atoms with Crippen LogP contribution in [0.5, 0.6) is 5.88 Å². The van der Waals surface area contributed by atoms with Gasteiger partial charge in [0, 0.05) is 6.07 Å². The number of aromatic nitrogens is 3. The number of aryl methyl sites for hydroxylation is 1. The number of H-pyrrole nitrogens is 1. The topological polar surface area (TPSA) is 67.9 Å². The Hall–Kier alpha value is -1.69. The van der Waals surface area contributed by atoms with Gasteiger partial charge in [-0.1, -0.05) is 6.07 Å². The van der Waals surface area contributed by atoms with Crippen LogP contribution in [-0.4, -0.2) is 22.1 Å². The number of hydrogen-bond acceptors (Lipinski definition) is 4. The summed E-state index contributed by atoms with van der Waals surface area (Å²) in [5.74, 6) is 0.903. The van der Waals surface area contributed by atoms with Gasteiger partial charge in [0.1, 0.15) is 10.2 Å². The quantitative estimate of drug-likeness (QED) is 0.919. The molecule has 0 atom stereocenters. The van der Waals surface area contributed by atoms with Gasteiger partial charge in [0.25, 0.3) is 5.56 Å². The lowest BCUT2D eigenvalue weighted by molar-refractivity contribution is 0.398. The third-order valence-corrected chi connectivity index (χ3v) is 3.14. The van der Waals surface area contributed by atoms with Gasteiger partial charge in [0.05, 0.1) is 12.8 Å². The lowest BCUT2D eigenvalue weighted by Crippen LogP contribution is -2.12. The van der Waals surface area contributed by atoms with Crippen LogP contribution in [0, 0.1) is 6.92 Å². The largest absolute Gasteiger partial charge is 0.481 e.